The van der Waals surface area contributed by atoms with Gasteiger partial charge in [-0.15, -0.1) is 0 Å². The lowest BCUT2D eigenvalue weighted by Gasteiger charge is -2.12. The predicted octanol–water partition coefficient (Wildman–Crippen LogP) is 7.35. The summed E-state index contributed by atoms with van der Waals surface area (Å²) < 4.78 is 19.8. The quantitative estimate of drug-likeness (QED) is 0.181. The second-order valence-corrected chi connectivity index (χ2v) is 10.2. The second kappa shape index (κ2) is 10.8. The van der Waals surface area contributed by atoms with E-state index in [0.29, 0.717) is 46.2 Å². The summed E-state index contributed by atoms with van der Waals surface area (Å²) in [6.45, 7) is 2.47. The lowest BCUT2D eigenvalue weighted by Crippen LogP contribution is -2.20. The Morgan fingerprint density at radius 2 is 1.80 bits per heavy atom. The summed E-state index contributed by atoms with van der Waals surface area (Å²) in [6, 6.07) is 28.4. The smallest absolute Gasteiger partial charge is 0.282 e. The summed E-state index contributed by atoms with van der Waals surface area (Å²) in [5.74, 6) is 1.91. The van der Waals surface area contributed by atoms with Gasteiger partial charge in [-0.2, -0.15) is 9.78 Å². The van der Waals surface area contributed by atoms with Crippen molar-refractivity contribution in [2.75, 3.05) is 7.11 Å². The molecule has 198 valence electrons. The third kappa shape index (κ3) is 5.13. The van der Waals surface area contributed by atoms with E-state index in [1.807, 2.05) is 60.7 Å². The molecule has 0 aliphatic carbocycles. The van der Waals surface area contributed by atoms with Gasteiger partial charge >= 0.3 is 0 Å². The first-order chi connectivity index (χ1) is 19.5. The molecule has 0 radical (unpaired) electrons. The minimum atomic E-state index is -0.302. The van der Waals surface area contributed by atoms with Crippen LogP contribution in [0.25, 0.3) is 33.5 Å². The summed E-state index contributed by atoms with van der Waals surface area (Å²) >= 11 is 3.49. The minimum Gasteiger partial charge on any atom is -0.493 e. The van der Waals surface area contributed by atoms with Gasteiger partial charge in [0.1, 0.15) is 12.2 Å². The van der Waals surface area contributed by atoms with Gasteiger partial charge in [0, 0.05) is 9.86 Å². The number of halogens is 1. The minimum absolute atomic E-state index is 0.302. The molecule has 0 atom stereocenters. The van der Waals surface area contributed by atoms with Gasteiger partial charge in [-0.25, -0.2) is 4.98 Å². The summed E-state index contributed by atoms with van der Waals surface area (Å²) in [6.07, 6.45) is 1.59. The normalized spacial score (nSPS) is 11.5. The maximum atomic E-state index is 13.5. The molecule has 2 heterocycles. The zero-order valence-electron chi connectivity index (χ0n) is 21.8. The van der Waals surface area contributed by atoms with E-state index in [9.17, 15) is 4.79 Å². The van der Waals surface area contributed by atoms with Gasteiger partial charge in [0.15, 0.2) is 17.3 Å². The highest BCUT2D eigenvalue weighted by molar-refractivity contribution is 9.10. The van der Waals surface area contributed by atoms with Crippen molar-refractivity contribution in [3.05, 3.63) is 123 Å². The Labute approximate surface area is 238 Å². The van der Waals surface area contributed by atoms with Crippen LogP contribution in [0.1, 0.15) is 16.7 Å². The van der Waals surface area contributed by atoms with Crippen LogP contribution in [-0.4, -0.2) is 23.0 Å². The van der Waals surface area contributed by atoms with Crippen LogP contribution in [0.4, 0.5) is 0 Å². The van der Waals surface area contributed by atoms with Crippen molar-refractivity contribution in [3.63, 3.8) is 0 Å². The Bertz CT molecular complexity index is 1940. The standard InChI is InChI=1S/C32H24BrN3O4/c1-20-7-9-21(10-8-20)19-39-28-13-11-22(15-29(28)38-2)18-34-36-31(35-26-6-4-3-5-25(26)32(36)37)30-17-23-16-24(33)12-14-27(23)40-30/h3-18H,19H2,1-2H3. The van der Waals surface area contributed by atoms with Gasteiger partial charge in [-0.1, -0.05) is 57.9 Å². The van der Waals surface area contributed by atoms with E-state index in [4.69, 9.17) is 18.9 Å². The van der Waals surface area contributed by atoms with Gasteiger partial charge in [0.05, 0.1) is 24.2 Å². The lowest BCUT2D eigenvalue weighted by atomic mass is 10.2. The highest BCUT2D eigenvalue weighted by Crippen LogP contribution is 2.30. The summed E-state index contributed by atoms with van der Waals surface area (Å²) in [7, 11) is 1.59. The molecule has 0 saturated carbocycles. The monoisotopic (exact) mass is 593 g/mol. The first-order valence-electron chi connectivity index (χ1n) is 12.6. The first kappa shape index (κ1) is 25.6. The van der Waals surface area contributed by atoms with E-state index < -0.39 is 0 Å². The average Bonchev–Trinajstić information content (AvgIpc) is 3.39. The summed E-state index contributed by atoms with van der Waals surface area (Å²) in [5.41, 5.74) is 3.92. The van der Waals surface area contributed by atoms with E-state index >= 15 is 0 Å². The molecule has 0 unspecified atom stereocenters. The molecule has 0 aliphatic heterocycles. The Hall–Kier alpha value is -4.69. The van der Waals surface area contributed by atoms with Gasteiger partial charge in [0.2, 0.25) is 5.82 Å². The Morgan fingerprint density at radius 1 is 0.975 bits per heavy atom. The summed E-state index contributed by atoms with van der Waals surface area (Å²) in [4.78, 5) is 18.3. The number of aromatic nitrogens is 2. The van der Waals surface area contributed by atoms with Gasteiger partial charge in [-0.05, 0) is 72.6 Å². The number of hydrogen-bond acceptors (Lipinski definition) is 6. The Balaban J connectivity index is 1.36. The second-order valence-electron chi connectivity index (χ2n) is 9.29. The number of nitrogens with zero attached hydrogens (tertiary/aromatic N) is 3. The van der Waals surface area contributed by atoms with Crippen molar-refractivity contribution < 1.29 is 13.9 Å². The molecule has 4 aromatic carbocycles. The third-order valence-corrected chi connectivity index (χ3v) is 6.97. The van der Waals surface area contributed by atoms with Crippen LogP contribution in [0.5, 0.6) is 11.5 Å². The fraction of sp³-hybridized carbons (Fsp3) is 0.0938. The molecule has 6 rings (SSSR count). The molecule has 0 amide bonds. The fourth-order valence-electron chi connectivity index (χ4n) is 4.37. The number of fused-ring (bicyclic) bond motifs is 2. The van der Waals surface area contributed by atoms with Crippen molar-refractivity contribution in [1.82, 2.24) is 9.66 Å². The number of methoxy groups -OCH3 is 1. The molecule has 0 fully saturated rings. The van der Waals surface area contributed by atoms with E-state index in [1.165, 1.54) is 10.2 Å². The zero-order valence-corrected chi connectivity index (χ0v) is 23.4. The number of ether oxygens (including phenoxy) is 2. The van der Waals surface area contributed by atoms with Crippen molar-refractivity contribution in [2.45, 2.75) is 13.5 Å². The van der Waals surface area contributed by atoms with Gasteiger partial charge in [0.25, 0.3) is 5.56 Å². The van der Waals surface area contributed by atoms with E-state index in [1.54, 1.807) is 31.5 Å². The Morgan fingerprint density at radius 3 is 2.62 bits per heavy atom. The number of aryl methyl sites for hydroxylation is 1. The van der Waals surface area contributed by atoms with E-state index in [2.05, 4.69) is 40.1 Å². The topological polar surface area (TPSA) is 78.9 Å². The van der Waals surface area contributed by atoms with Crippen molar-refractivity contribution in [3.8, 4) is 23.1 Å². The molecular weight excluding hydrogens is 570 g/mol. The molecule has 40 heavy (non-hydrogen) atoms. The van der Waals surface area contributed by atoms with Crippen LogP contribution >= 0.6 is 15.9 Å². The van der Waals surface area contributed by atoms with Crippen molar-refractivity contribution in [2.24, 2.45) is 5.10 Å². The zero-order chi connectivity index (χ0) is 27.6. The molecule has 8 heteroatoms. The molecule has 6 aromatic rings. The van der Waals surface area contributed by atoms with Crippen molar-refractivity contribution in [1.29, 1.82) is 0 Å². The van der Waals surface area contributed by atoms with Gasteiger partial charge < -0.3 is 13.9 Å². The molecule has 0 saturated heterocycles. The van der Waals surface area contributed by atoms with E-state index in [0.717, 1.165) is 21.0 Å². The highest BCUT2D eigenvalue weighted by atomic mass is 79.9. The average molecular weight is 594 g/mol. The van der Waals surface area contributed by atoms with Gasteiger partial charge in [-0.3, -0.25) is 4.79 Å². The predicted molar refractivity (Wildman–Crippen MR) is 160 cm³/mol. The largest absolute Gasteiger partial charge is 0.493 e. The van der Waals surface area contributed by atoms with Crippen LogP contribution in [0.15, 0.2) is 110 Å². The molecule has 0 bridgehead atoms. The molecular formula is C32H24BrN3O4. The first-order valence-corrected chi connectivity index (χ1v) is 13.4. The highest BCUT2D eigenvalue weighted by Gasteiger charge is 2.17. The molecule has 0 aliphatic rings. The molecule has 7 nitrogen and oxygen atoms in total. The number of benzene rings is 4. The van der Waals surface area contributed by atoms with Crippen LogP contribution in [-0.2, 0) is 6.61 Å². The molecule has 0 N–H and O–H groups in total. The van der Waals surface area contributed by atoms with Crippen LogP contribution in [0.2, 0.25) is 0 Å². The number of rotatable bonds is 7. The molecule has 2 aromatic heterocycles. The number of furan rings is 1. The van der Waals surface area contributed by atoms with Crippen molar-refractivity contribution >= 4 is 44.0 Å². The third-order valence-electron chi connectivity index (χ3n) is 6.48. The van der Waals surface area contributed by atoms with E-state index in [-0.39, 0.29) is 5.56 Å². The van der Waals surface area contributed by atoms with Crippen LogP contribution in [0.3, 0.4) is 0 Å². The lowest BCUT2D eigenvalue weighted by molar-refractivity contribution is 0.284. The molecule has 0 spiro atoms. The fourth-order valence-corrected chi connectivity index (χ4v) is 4.75. The summed E-state index contributed by atoms with van der Waals surface area (Å²) in [5, 5.41) is 5.89. The maximum absolute atomic E-state index is 13.5. The van der Waals surface area contributed by atoms with Crippen LogP contribution < -0.4 is 15.0 Å². The Kier molecular flexibility index (Phi) is 6.92. The maximum Gasteiger partial charge on any atom is 0.282 e. The number of para-hydroxylation sites is 1. The SMILES string of the molecule is COc1cc(C=Nn2c(-c3cc4cc(Br)ccc4o3)nc3ccccc3c2=O)ccc1OCc1ccc(C)cc1. The van der Waals surface area contributed by atoms with Crippen LogP contribution in [0, 0.1) is 6.92 Å². The number of hydrogen-bond donors (Lipinski definition) is 0.